The molecule has 3 N–H and O–H groups in total. The van der Waals surface area contributed by atoms with Crippen LogP contribution < -0.4 is 5.73 Å². The second-order valence-electron chi connectivity index (χ2n) is 2.28. The Balaban J connectivity index is 0.000000561. The second kappa shape index (κ2) is 5.35. The van der Waals surface area contributed by atoms with Crippen LogP contribution in [0.2, 0.25) is 0 Å². The van der Waals surface area contributed by atoms with Crippen LogP contribution in [0.15, 0.2) is 24.3 Å². The van der Waals surface area contributed by atoms with Crippen LogP contribution in [0.25, 0.3) is 0 Å². The summed E-state index contributed by atoms with van der Waals surface area (Å²) in [5, 5.41) is 7.11. The molecule has 0 radical (unpaired) electrons. The van der Waals surface area contributed by atoms with Gasteiger partial charge in [-0.25, -0.2) is 0 Å². The maximum atomic E-state index is 7.11. The maximum absolute atomic E-state index is 7.11. The highest BCUT2D eigenvalue weighted by Crippen LogP contribution is 2.01. The number of nitrogens with two attached hydrogens (primary N) is 1. The van der Waals surface area contributed by atoms with Crippen molar-refractivity contribution in [3.8, 4) is 0 Å². The van der Waals surface area contributed by atoms with Gasteiger partial charge in [0.05, 0.1) is 0 Å². The van der Waals surface area contributed by atoms with Crippen molar-refractivity contribution in [1.82, 2.24) is 0 Å². The van der Waals surface area contributed by atoms with Crippen molar-refractivity contribution in [3.05, 3.63) is 35.4 Å². The van der Waals surface area contributed by atoms with Gasteiger partial charge in [0.2, 0.25) is 0 Å². The van der Waals surface area contributed by atoms with E-state index in [1.54, 1.807) is 0 Å². The minimum absolute atomic E-state index is 0.128. The molecule has 0 aliphatic rings. The standard InChI is InChI=1S/C8H10N2.C2H6/c1-6-3-2-4-7(5-6)8(9)10;1-2/h2-5H,1H3,(H3,9,10);1-2H3. The zero-order chi connectivity index (χ0) is 9.56. The van der Waals surface area contributed by atoms with Gasteiger partial charge in [-0.15, -0.1) is 0 Å². The summed E-state index contributed by atoms with van der Waals surface area (Å²) in [5.74, 6) is 0.128. The summed E-state index contributed by atoms with van der Waals surface area (Å²) >= 11 is 0. The van der Waals surface area contributed by atoms with E-state index < -0.39 is 0 Å². The molecule has 12 heavy (non-hydrogen) atoms. The fraction of sp³-hybridized carbons (Fsp3) is 0.300. The van der Waals surface area contributed by atoms with E-state index >= 15 is 0 Å². The molecule has 66 valence electrons. The van der Waals surface area contributed by atoms with Crippen LogP contribution in [0.3, 0.4) is 0 Å². The summed E-state index contributed by atoms with van der Waals surface area (Å²) in [4.78, 5) is 0. The quantitative estimate of drug-likeness (QED) is 0.485. The Bertz CT molecular complexity index is 254. The normalized spacial score (nSPS) is 8.25. The Morgan fingerprint density at radius 3 is 2.25 bits per heavy atom. The van der Waals surface area contributed by atoms with E-state index in [0.29, 0.717) is 0 Å². The smallest absolute Gasteiger partial charge is 0.122 e. The number of aryl methyl sites for hydroxylation is 1. The third-order valence-corrected chi connectivity index (χ3v) is 1.33. The highest BCUT2D eigenvalue weighted by atomic mass is 14.7. The van der Waals surface area contributed by atoms with Crippen LogP contribution in [0.5, 0.6) is 0 Å². The Kier molecular flexibility index (Phi) is 4.77. The van der Waals surface area contributed by atoms with Crippen molar-refractivity contribution in [1.29, 1.82) is 5.41 Å². The van der Waals surface area contributed by atoms with Crippen molar-refractivity contribution in [2.45, 2.75) is 20.8 Å². The van der Waals surface area contributed by atoms with E-state index in [1.807, 2.05) is 45.0 Å². The molecule has 1 aromatic carbocycles. The highest BCUT2D eigenvalue weighted by Gasteiger charge is 1.93. The number of benzene rings is 1. The first-order valence-electron chi connectivity index (χ1n) is 4.11. The van der Waals surface area contributed by atoms with E-state index in [1.165, 1.54) is 0 Å². The molecule has 0 fully saturated rings. The summed E-state index contributed by atoms with van der Waals surface area (Å²) in [6.07, 6.45) is 0. The van der Waals surface area contributed by atoms with Gasteiger partial charge in [-0.1, -0.05) is 37.6 Å². The number of rotatable bonds is 1. The minimum Gasteiger partial charge on any atom is -0.384 e. The Labute approximate surface area is 73.9 Å². The van der Waals surface area contributed by atoms with Gasteiger partial charge in [0, 0.05) is 5.56 Å². The molecule has 0 bridgehead atoms. The van der Waals surface area contributed by atoms with Crippen LogP contribution in [-0.2, 0) is 0 Å². The molecule has 2 heteroatoms. The second-order valence-corrected chi connectivity index (χ2v) is 2.28. The molecule has 0 aliphatic heterocycles. The van der Waals surface area contributed by atoms with Gasteiger partial charge in [0.25, 0.3) is 0 Å². The van der Waals surface area contributed by atoms with Gasteiger partial charge in [-0.05, 0) is 13.0 Å². The molecule has 0 saturated carbocycles. The van der Waals surface area contributed by atoms with E-state index in [-0.39, 0.29) is 5.84 Å². The molecule has 0 unspecified atom stereocenters. The molecule has 0 atom stereocenters. The van der Waals surface area contributed by atoms with E-state index in [4.69, 9.17) is 11.1 Å². The molecule has 0 aromatic heterocycles. The SMILES string of the molecule is CC.Cc1cccc(C(=N)N)c1. The Morgan fingerprint density at radius 2 is 1.92 bits per heavy atom. The predicted octanol–water partition coefficient (Wildman–Crippen LogP) is 2.31. The average Bonchev–Trinajstić information content (AvgIpc) is 2.08. The van der Waals surface area contributed by atoms with Gasteiger partial charge in [-0.3, -0.25) is 5.41 Å². The summed E-state index contributed by atoms with van der Waals surface area (Å²) < 4.78 is 0. The summed E-state index contributed by atoms with van der Waals surface area (Å²) in [6.45, 7) is 5.98. The molecule has 1 aromatic rings. The fourth-order valence-electron chi connectivity index (χ4n) is 0.813. The van der Waals surface area contributed by atoms with Crippen molar-refractivity contribution in [2.24, 2.45) is 5.73 Å². The zero-order valence-corrected chi connectivity index (χ0v) is 7.89. The summed E-state index contributed by atoms with van der Waals surface area (Å²) in [7, 11) is 0. The maximum Gasteiger partial charge on any atom is 0.122 e. The molecule has 0 amide bonds. The average molecular weight is 164 g/mol. The van der Waals surface area contributed by atoms with Crippen LogP contribution in [0.4, 0.5) is 0 Å². The first-order chi connectivity index (χ1) is 5.70. The lowest BCUT2D eigenvalue weighted by Crippen LogP contribution is -2.10. The molecule has 0 saturated heterocycles. The van der Waals surface area contributed by atoms with E-state index in [0.717, 1.165) is 11.1 Å². The van der Waals surface area contributed by atoms with Crippen molar-refractivity contribution >= 4 is 5.84 Å². The van der Waals surface area contributed by atoms with Gasteiger partial charge >= 0.3 is 0 Å². The first-order valence-corrected chi connectivity index (χ1v) is 4.11. The Hall–Kier alpha value is -1.31. The third-order valence-electron chi connectivity index (χ3n) is 1.33. The largest absolute Gasteiger partial charge is 0.384 e. The first kappa shape index (κ1) is 10.7. The molecular formula is C10H16N2. The van der Waals surface area contributed by atoms with Crippen LogP contribution >= 0.6 is 0 Å². The monoisotopic (exact) mass is 164 g/mol. The van der Waals surface area contributed by atoms with Gasteiger partial charge in [-0.2, -0.15) is 0 Å². The number of hydrogen-bond acceptors (Lipinski definition) is 1. The number of nitrogen functional groups attached to an aromatic ring is 1. The Morgan fingerprint density at radius 1 is 1.33 bits per heavy atom. The van der Waals surface area contributed by atoms with Crippen LogP contribution in [0.1, 0.15) is 25.0 Å². The fourth-order valence-corrected chi connectivity index (χ4v) is 0.813. The van der Waals surface area contributed by atoms with Crippen molar-refractivity contribution in [3.63, 3.8) is 0 Å². The van der Waals surface area contributed by atoms with Gasteiger partial charge in [0.1, 0.15) is 5.84 Å². The van der Waals surface area contributed by atoms with Crippen LogP contribution in [-0.4, -0.2) is 5.84 Å². The lowest BCUT2D eigenvalue weighted by molar-refractivity contribution is 1.39. The highest BCUT2D eigenvalue weighted by molar-refractivity contribution is 5.94. The number of nitrogens with one attached hydrogen (secondary N) is 1. The topological polar surface area (TPSA) is 49.9 Å². The van der Waals surface area contributed by atoms with Crippen molar-refractivity contribution < 1.29 is 0 Å². The van der Waals surface area contributed by atoms with E-state index in [9.17, 15) is 0 Å². The molecule has 1 rings (SSSR count). The lowest BCUT2D eigenvalue weighted by atomic mass is 10.1. The molecule has 0 heterocycles. The molecule has 0 aliphatic carbocycles. The van der Waals surface area contributed by atoms with E-state index in [2.05, 4.69) is 0 Å². The zero-order valence-electron chi connectivity index (χ0n) is 7.89. The minimum atomic E-state index is 0.128. The van der Waals surface area contributed by atoms with Crippen LogP contribution in [0, 0.1) is 12.3 Å². The third kappa shape index (κ3) is 3.19. The lowest BCUT2D eigenvalue weighted by Gasteiger charge is -1.97. The van der Waals surface area contributed by atoms with Gasteiger partial charge < -0.3 is 5.73 Å². The number of amidine groups is 1. The van der Waals surface area contributed by atoms with Gasteiger partial charge in [0.15, 0.2) is 0 Å². The molecular weight excluding hydrogens is 148 g/mol. The molecule has 2 nitrogen and oxygen atoms in total. The van der Waals surface area contributed by atoms with Crippen molar-refractivity contribution in [2.75, 3.05) is 0 Å². The summed E-state index contributed by atoms with van der Waals surface area (Å²) in [6, 6.07) is 7.59. The molecule has 0 spiro atoms. The summed E-state index contributed by atoms with van der Waals surface area (Å²) in [5.41, 5.74) is 7.19. The number of hydrogen-bond donors (Lipinski definition) is 2. The predicted molar refractivity (Wildman–Crippen MR) is 53.5 cm³/mol.